The Balaban J connectivity index is 1.43. The van der Waals surface area contributed by atoms with Crippen LogP contribution in [0.1, 0.15) is 76.7 Å². The van der Waals surface area contributed by atoms with Gasteiger partial charge < -0.3 is 10.3 Å². The molecular formula is C30H42N2O. The van der Waals surface area contributed by atoms with Gasteiger partial charge in [0.15, 0.2) is 0 Å². The number of amides is 1. The fourth-order valence-corrected chi connectivity index (χ4v) is 3.70. The number of rotatable bonds is 17. The maximum atomic E-state index is 12.0. The van der Waals surface area contributed by atoms with Crippen LogP contribution < -0.4 is 5.32 Å². The van der Waals surface area contributed by atoms with Gasteiger partial charge in [0.1, 0.15) is 0 Å². The minimum atomic E-state index is 0.144. The molecule has 0 unspecified atom stereocenters. The van der Waals surface area contributed by atoms with Gasteiger partial charge in [0.25, 0.3) is 0 Å². The number of benzene rings is 1. The number of para-hydroxylation sites is 1. The molecule has 0 spiro atoms. The number of carbonyl (C=O) groups is 1. The third kappa shape index (κ3) is 12.1. The third-order valence-corrected chi connectivity index (χ3v) is 5.62. The first-order chi connectivity index (χ1) is 16.3. The number of nitrogens with one attached hydrogen (secondary N) is 2. The standard InChI is InChI=1S/C30H42N2O/c1-2-3-4-5-6-7-8-9-10-11-12-13-14-15-16-17-18-23-30(33)31-25-24-27-26-32-29-22-20-19-21-28(27)29/h6-7,9-10,12-13,15-16,19-22,26,32H,2-5,8,11,14,17-18,23-25H2,1H3,(H,31,33). The van der Waals surface area contributed by atoms with Crippen molar-refractivity contribution in [1.29, 1.82) is 0 Å². The van der Waals surface area contributed by atoms with E-state index in [2.05, 4.69) is 84.0 Å². The van der Waals surface area contributed by atoms with Gasteiger partial charge in [-0.15, -0.1) is 0 Å². The quantitative estimate of drug-likeness (QED) is 0.188. The number of hydrogen-bond acceptors (Lipinski definition) is 1. The van der Waals surface area contributed by atoms with Crippen LogP contribution >= 0.6 is 0 Å². The van der Waals surface area contributed by atoms with Gasteiger partial charge in [0.2, 0.25) is 5.91 Å². The van der Waals surface area contributed by atoms with Crippen LogP contribution in [0.3, 0.4) is 0 Å². The molecule has 1 aromatic heterocycles. The molecule has 2 N–H and O–H groups in total. The molecule has 0 aliphatic heterocycles. The Bertz CT molecular complexity index is 901. The van der Waals surface area contributed by atoms with E-state index in [1.165, 1.54) is 36.6 Å². The Kier molecular flexibility index (Phi) is 14.2. The second-order valence-corrected chi connectivity index (χ2v) is 8.44. The van der Waals surface area contributed by atoms with Crippen molar-refractivity contribution in [1.82, 2.24) is 10.3 Å². The Labute approximate surface area is 200 Å². The van der Waals surface area contributed by atoms with E-state index in [1.807, 2.05) is 12.3 Å². The molecule has 0 aliphatic carbocycles. The van der Waals surface area contributed by atoms with Gasteiger partial charge in [-0.25, -0.2) is 0 Å². The van der Waals surface area contributed by atoms with Gasteiger partial charge >= 0.3 is 0 Å². The van der Waals surface area contributed by atoms with Gasteiger partial charge in [-0.3, -0.25) is 4.79 Å². The summed E-state index contributed by atoms with van der Waals surface area (Å²) in [6.45, 7) is 2.93. The predicted molar refractivity (Wildman–Crippen MR) is 143 cm³/mol. The number of aromatic nitrogens is 1. The molecule has 2 rings (SSSR count). The van der Waals surface area contributed by atoms with Crippen LogP contribution in [0.4, 0.5) is 0 Å². The molecule has 3 nitrogen and oxygen atoms in total. The minimum absolute atomic E-state index is 0.144. The van der Waals surface area contributed by atoms with E-state index in [1.54, 1.807) is 0 Å². The number of aromatic amines is 1. The van der Waals surface area contributed by atoms with Crippen LogP contribution in [0.25, 0.3) is 10.9 Å². The lowest BCUT2D eigenvalue weighted by Crippen LogP contribution is -2.25. The summed E-state index contributed by atoms with van der Waals surface area (Å²) in [6.07, 6.45) is 31.3. The van der Waals surface area contributed by atoms with Crippen molar-refractivity contribution >= 4 is 16.8 Å². The number of hydrogen-bond donors (Lipinski definition) is 2. The highest BCUT2D eigenvalue weighted by Crippen LogP contribution is 2.17. The SMILES string of the molecule is CCCCCC=CCC=CCC=CCC=CCCCC(=O)NCCc1c[nH]c2ccccc12. The molecule has 0 saturated carbocycles. The normalized spacial score (nSPS) is 12.3. The number of fused-ring (bicyclic) bond motifs is 1. The highest BCUT2D eigenvalue weighted by atomic mass is 16.1. The second-order valence-electron chi connectivity index (χ2n) is 8.44. The fraction of sp³-hybridized carbons (Fsp3) is 0.433. The summed E-state index contributed by atoms with van der Waals surface area (Å²) in [5.41, 5.74) is 2.41. The van der Waals surface area contributed by atoms with Crippen molar-refractivity contribution in [2.24, 2.45) is 0 Å². The summed E-state index contributed by atoms with van der Waals surface area (Å²) in [4.78, 5) is 15.3. The molecule has 3 heteroatoms. The maximum absolute atomic E-state index is 12.0. The zero-order valence-corrected chi connectivity index (χ0v) is 20.4. The molecule has 1 aromatic carbocycles. The Morgan fingerprint density at radius 1 is 0.848 bits per heavy atom. The average molecular weight is 447 g/mol. The summed E-state index contributed by atoms with van der Waals surface area (Å²) in [7, 11) is 0. The molecule has 0 aliphatic rings. The molecule has 0 fully saturated rings. The first kappa shape index (κ1) is 26.4. The van der Waals surface area contributed by atoms with Crippen molar-refractivity contribution in [3.8, 4) is 0 Å². The first-order valence-electron chi connectivity index (χ1n) is 12.7. The van der Waals surface area contributed by atoms with Crippen molar-refractivity contribution in [3.05, 3.63) is 84.6 Å². The van der Waals surface area contributed by atoms with Gasteiger partial charge in [0.05, 0.1) is 0 Å². The first-order valence-corrected chi connectivity index (χ1v) is 12.7. The van der Waals surface area contributed by atoms with Crippen LogP contribution in [0, 0.1) is 0 Å². The van der Waals surface area contributed by atoms with Gasteiger partial charge in [-0.1, -0.05) is 86.6 Å². The van der Waals surface area contributed by atoms with Crippen molar-refractivity contribution in [2.45, 2.75) is 77.6 Å². The van der Waals surface area contributed by atoms with Crippen molar-refractivity contribution in [3.63, 3.8) is 0 Å². The number of unbranched alkanes of at least 4 members (excludes halogenated alkanes) is 4. The molecule has 178 valence electrons. The molecule has 2 aromatic rings. The largest absolute Gasteiger partial charge is 0.361 e. The van der Waals surface area contributed by atoms with E-state index in [4.69, 9.17) is 0 Å². The maximum Gasteiger partial charge on any atom is 0.220 e. The highest BCUT2D eigenvalue weighted by molar-refractivity contribution is 5.83. The number of H-pyrrole nitrogens is 1. The lowest BCUT2D eigenvalue weighted by molar-refractivity contribution is -0.121. The van der Waals surface area contributed by atoms with Crippen molar-refractivity contribution < 1.29 is 4.79 Å². The van der Waals surface area contributed by atoms with E-state index >= 15 is 0 Å². The Hall–Kier alpha value is -2.81. The fourth-order valence-electron chi connectivity index (χ4n) is 3.70. The topological polar surface area (TPSA) is 44.9 Å². The molecule has 0 atom stereocenters. The molecule has 0 saturated heterocycles. The molecule has 1 amide bonds. The molecular weight excluding hydrogens is 404 g/mol. The van der Waals surface area contributed by atoms with E-state index in [0.717, 1.165) is 44.0 Å². The van der Waals surface area contributed by atoms with Crippen LogP contribution in [-0.4, -0.2) is 17.4 Å². The van der Waals surface area contributed by atoms with E-state index in [0.29, 0.717) is 13.0 Å². The van der Waals surface area contributed by atoms with E-state index in [-0.39, 0.29) is 5.91 Å². The smallest absolute Gasteiger partial charge is 0.220 e. The summed E-state index contributed by atoms with van der Waals surface area (Å²) < 4.78 is 0. The summed E-state index contributed by atoms with van der Waals surface area (Å²) in [5.74, 6) is 0.144. The van der Waals surface area contributed by atoms with Gasteiger partial charge in [-0.2, -0.15) is 0 Å². The average Bonchev–Trinajstić information content (AvgIpc) is 3.24. The van der Waals surface area contributed by atoms with Crippen LogP contribution in [0.5, 0.6) is 0 Å². The van der Waals surface area contributed by atoms with Crippen LogP contribution in [0.15, 0.2) is 79.1 Å². The number of allylic oxidation sites excluding steroid dienone is 8. The predicted octanol–water partition coefficient (Wildman–Crippen LogP) is 7.97. The third-order valence-electron chi connectivity index (χ3n) is 5.62. The Morgan fingerprint density at radius 3 is 2.18 bits per heavy atom. The molecule has 1 heterocycles. The number of carbonyl (C=O) groups excluding carboxylic acids is 1. The Morgan fingerprint density at radius 2 is 1.48 bits per heavy atom. The lowest BCUT2D eigenvalue weighted by atomic mass is 10.1. The molecule has 0 radical (unpaired) electrons. The minimum Gasteiger partial charge on any atom is -0.361 e. The van der Waals surface area contributed by atoms with E-state index < -0.39 is 0 Å². The summed E-state index contributed by atoms with van der Waals surface area (Å²) >= 11 is 0. The molecule has 0 bridgehead atoms. The van der Waals surface area contributed by atoms with Crippen LogP contribution in [-0.2, 0) is 11.2 Å². The molecule has 33 heavy (non-hydrogen) atoms. The zero-order valence-electron chi connectivity index (χ0n) is 20.4. The van der Waals surface area contributed by atoms with Gasteiger partial charge in [0, 0.05) is 30.1 Å². The monoisotopic (exact) mass is 446 g/mol. The lowest BCUT2D eigenvalue weighted by Gasteiger charge is -2.04. The van der Waals surface area contributed by atoms with E-state index in [9.17, 15) is 4.79 Å². The summed E-state index contributed by atoms with van der Waals surface area (Å²) in [6, 6.07) is 8.28. The summed E-state index contributed by atoms with van der Waals surface area (Å²) in [5, 5.41) is 4.28. The second kappa shape index (κ2) is 17.7. The van der Waals surface area contributed by atoms with Crippen LogP contribution in [0.2, 0.25) is 0 Å². The highest BCUT2D eigenvalue weighted by Gasteiger charge is 2.04. The van der Waals surface area contributed by atoms with Gasteiger partial charge in [-0.05, 0) is 63.0 Å². The van der Waals surface area contributed by atoms with Crippen molar-refractivity contribution in [2.75, 3.05) is 6.54 Å². The zero-order chi connectivity index (χ0) is 23.4.